The van der Waals surface area contributed by atoms with Crippen LogP contribution in [0.15, 0.2) is 53.9 Å². The fourth-order valence-corrected chi connectivity index (χ4v) is 3.55. The Balaban J connectivity index is 1.50. The number of para-hydroxylation sites is 2. The molecule has 2 amide bonds. The molecular formula is C21H20ClN3O3S. The molecule has 6 nitrogen and oxygen atoms in total. The Bertz CT molecular complexity index is 989. The number of amides is 2. The first-order valence-corrected chi connectivity index (χ1v) is 10.3. The Kier molecular flexibility index (Phi) is 7.21. The van der Waals surface area contributed by atoms with Crippen molar-refractivity contribution in [1.29, 1.82) is 0 Å². The van der Waals surface area contributed by atoms with E-state index in [1.54, 1.807) is 24.3 Å². The van der Waals surface area contributed by atoms with Gasteiger partial charge in [-0.3, -0.25) is 9.59 Å². The number of hydrogen-bond donors (Lipinski definition) is 2. The number of ether oxygens (including phenoxy) is 1. The molecular weight excluding hydrogens is 410 g/mol. The highest BCUT2D eigenvalue weighted by Crippen LogP contribution is 2.25. The minimum absolute atomic E-state index is 0.309. The number of carbonyl (C=O) groups excluding carboxylic acids is 2. The molecule has 3 aromatic rings. The third kappa shape index (κ3) is 5.79. The van der Waals surface area contributed by atoms with Crippen LogP contribution in [-0.2, 0) is 16.0 Å². The summed E-state index contributed by atoms with van der Waals surface area (Å²) in [7, 11) is 0. The number of thiazole rings is 1. The van der Waals surface area contributed by atoms with E-state index < -0.39 is 11.8 Å². The number of benzene rings is 2. The van der Waals surface area contributed by atoms with Crippen molar-refractivity contribution in [3.63, 3.8) is 0 Å². The average molecular weight is 430 g/mol. The lowest BCUT2D eigenvalue weighted by Crippen LogP contribution is -2.36. The molecule has 150 valence electrons. The van der Waals surface area contributed by atoms with Crippen molar-refractivity contribution in [3.05, 3.63) is 64.6 Å². The van der Waals surface area contributed by atoms with Gasteiger partial charge in [-0.1, -0.05) is 35.9 Å². The molecule has 2 aromatic carbocycles. The van der Waals surface area contributed by atoms with E-state index in [2.05, 4.69) is 15.6 Å². The van der Waals surface area contributed by atoms with E-state index in [4.69, 9.17) is 16.3 Å². The monoisotopic (exact) mass is 429 g/mol. The molecule has 0 spiro atoms. The van der Waals surface area contributed by atoms with Crippen LogP contribution < -0.4 is 15.4 Å². The SMILES string of the molecule is CCOc1ccccc1NC(=O)C(=O)NCCc1csc(-c2ccc(Cl)cc2)n1. The standard InChI is InChI=1S/C21H20ClN3O3S/c1-2-28-18-6-4-3-5-17(18)25-20(27)19(26)23-12-11-16-13-29-21(24-16)14-7-9-15(22)10-8-14/h3-10,13H,2,11-12H2,1H3,(H,23,26)(H,25,27). The van der Waals surface area contributed by atoms with E-state index in [0.29, 0.717) is 36.0 Å². The summed E-state index contributed by atoms with van der Waals surface area (Å²) in [6.07, 6.45) is 0.526. The van der Waals surface area contributed by atoms with Crippen molar-refractivity contribution in [3.8, 4) is 16.3 Å². The second-order valence-electron chi connectivity index (χ2n) is 6.04. The van der Waals surface area contributed by atoms with Crippen molar-refractivity contribution >= 4 is 40.4 Å². The van der Waals surface area contributed by atoms with Crippen LogP contribution in [0, 0.1) is 0 Å². The van der Waals surface area contributed by atoms with Crippen molar-refractivity contribution < 1.29 is 14.3 Å². The maximum absolute atomic E-state index is 12.1. The third-order valence-corrected chi connectivity index (χ3v) is 5.14. The molecule has 0 saturated carbocycles. The van der Waals surface area contributed by atoms with E-state index >= 15 is 0 Å². The molecule has 0 bridgehead atoms. The molecule has 0 fully saturated rings. The fraction of sp³-hybridized carbons (Fsp3) is 0.190. The van der Waals surface area contributed by atoms with Gasteiger partial charge in [-0.05, 0) is 31.2 Å². The van der Waals surface area contributed by atoms with Crippen LogP contribution >= 0.6 is 22.9 Å². The van der Waals surface area contributed by atoms with Crippen LogP contribution in [-0.4, -0.2) is 29.9 Å². The van der Waals surface area contributed by atoms with Gasteiger partial charge >= 0.3 is 11.8 Å². The third-order valence-electron chi connectivity index (χ3n) is 3.95. The quantitative estimate of drug-likeness (QED) is 0.552. The summed E-state index contributed by atoms with van der Waals surface area (Å²) in [6.45, 7) is 2.62. The average Bonchev–Trinajstić information content (AvgIpc) is 3.19. The maximum Gasteiger partial charge on any atom is 0.313 e. The fourth-order valence-electron chi connectivity index (χ4n) is 2.56. The molecule has 0 aliphatic heterocycles. The van der Waals surface area contributed by atoms with Gasteiger partial charge in [-0.25, -0.2) is 4.98 Å². The van der Waals surface area contributed by atoms with Gasteiger partial charge in [0.2, 0.25) is 0 Å². The Morgan fingerprint density at radius 3 is 2.62 bits per heavy atom. The lowest BCUT2D eigenvalue weighted by Gasteiger charge is -2.11. The van der Waals surface area contributed by atoms with Crippen LogP contribution in [0.4, 0.5) is 5.69 Å². The summed E-state index contributed by atoms with van der Waals surface area (Å²) in [5.41, 5.74) is 2.30. The molecule has 0 atom stereocenters. The topological polar surface area (TPSA) is 80.3 Å². The van der Waals surface area contributed by atoms with Gasteiger partial charge in [0.25, 0.3) is 0 Å². The van der Waals surface area contributed by atoms with Gasteiger partial charge in [-0.2, -0.15) is 0 Å². The van der Waals surface area contributed by atoms with E-state index in [-0.39, 0.29) is 0 Å². The van der Waals surface area contributed by atoms with Crippen molar-refractivity contribution in [2.75, 3.05) is 18.5 Å². The number of nitrogens with one attached hydrogen (secondary N) is 2. The molecule has 0 aliphatic carbocycles. The number of halogens is 1. The van der Waals surface area contributed by atoms with Crippen LogP contribution in [0.3, 0.4) is 0 Å². The van der Waals surface area contributed by atoms with E-state index in [9.17, 15) is 9.59 Å². The Morgan fingerprint density at radius 1 is 1.10 bits per heavy atom. The number of carbonyl (C=O) groups is 2. The molecule has 8 heteroatoms. The van der Waals surface area contributed by atoms with E-state index in [0.717, 1.165) is 16.3 Å². The summed E-state index contributed by atoms with van der Waals surface area (Å²) in [5, 5.41) is 8.69. The Morgan fingerprint density at radius 2 is 1.86 bits per heavy atom. The predicted octanol–water partition coefficient (Wildman–Crippen LogP) is 4.16. The predicted molar refractivity (Wildman–Crippen MR) is 116 cm³/mol. The summed E-state index contributed by atoms with van der Waals surface area (Å²) in [5.74, 6) is -0.921. The maximum atomic E-state index is 12.1. The lowest BCUT2D eigenvalue weighted by molar-refractivity contribution is -0.136. The number of aromatic nitrogens is 1. The molecule has 2 N–H and O–H groups in total. The molecule has 1 heterocycles. The van der Waals surface area contributed by atoms with Gasteiger partial charge in [0, 0.05) is 28.9 Å². The van der Waals surface area contributed by atoms with Gasteiger partial charge < -0.3 is 15.4 Å². The molecule has 0 saturated heterocycles. The van der Waals surface area contributed by atoms with E-state index in [1.165, 1.54) is 11.3 Å². The number of anilines is 1. The second-order valence-corrected chi connectivity index (χ2v) is 7.33. The second kappa shape index (κ2) is 10.0. The molecule has 0 unspecified atom stereocenters. The van der Waals surface area contributed by atoms with Crippen LogP contribution in [0.2, 0.25) is 5.02 Å². The Labute approximate surface area is 177 Å². The molecule has 0 aliphatic rings. The van der Waals surface area contributed by atoms with Gasteiger partial charge in [0.05, 0.1) is 18.0 Å². The van der Waals surface area contributed by atoms with Crippen LogP contribution in [0.5, 0.6) is 5.75 Å². The van der Waals surface area contributed by atoms with Gasteiger partial charge in [0.15, 0.2) is 0 Å². The largest absolute Gasteiger partial charge is 0.492 e. The summed E-state index contributed by atoms with van der Waals surface area (Å²) in [4.78, 5) is 28.8. The molecule has 29 heavy (non-hydrogen) atoms. The van der Waals surface area contributed by atoms with Crippen molar-refractivity contribution in [1.82, 2.24) is 10.3 Å². The normalized spacial score (nSPS) is 10.4. The summed E-state index contributed by atoms with van der Waals surface area (Å²) >= 11 is 7.43. The minimum atomic E-state index is -0.739. The molecule has 3 rings (SSSR count). The molecule has 1 aromatic heterocycles. The zero-order valence-corrected chi connectivity index (χ0v) is 17.3. The highest BCUT2D eigenvalue weighted by molar-refractivity contribution is 7.13. The number of nitrogens with zero attached hydrogens (tertiary/aromatic N) is 1. The summed E-state index contributed by atoms with van der Waals surface area (Å²) < 4.78 is 5.44. The zero-order chi connectivity index (χ0) is 20.6. The first-order valence-electron chi connectivity index (χ1n) is 9.08. The highest BCUT2D eigenvalue weighted by Gasteiger charge is 2.15. The Hall–Kier alpha value is -2.90. The van der Waals surface area contributed by atoms with E-state index in [1.807, 2.05) is 36.6 Å². The van der Waals surface area contributed by atoms with Crippen molar-refractivity contribution in [2.24, 2.45) is 0 Å². The molecule has 0 radical (unpaired) electrons. The van der Waals surface area contributed by atoms with Crippen LogP contribution in [0.25, 0.3) is 10.6 Å². The first kappa shape index (κ1) is 20.8. The first-order chi connectivity index (χ1) is 14.1. The summed E-state index contributed by atoms with van der Waals surface area (Å²) in [6, 6.07) is 14.4. The van der Waals surface area contributed by atoms with Crippen LogP contribution in [0.1, 0.15) is 12.6 Å². The number of rotatable bonds is 7. The lowest BCUT2D eigenvalue weighted by atomic mass is 10.2. The van der Waals surface area contributed by atoms with Gasteiger partial charge in [-0.15, -0.1) is 11.3 Å². The number of hydrogen-bond acceptors (Lipinski definition) is 5. The minimum Gasteiger partial charge on any atom is -0.492 e. The smallest absolute Gasteiger partial charge is 0.313 e. The van der Waals surface area contributed by atoms with Crippen molar-refractivity contribution in [2.45, 2.75) is 13.3 Å². The van der Waals surface area contributed by atoms with Gasteiger partial charge in [0.1, 0.15) is 10.8 Å². The zero-order valence-electron chi connectivity index (χ0n) is 15.8. The highest BCUT2D eigenvalue weighted by atomic mass is 35.5.